The second kappa shape index (κ2) is 26.0. The van der Waals surface area contributed by atoms with Crippen molar-refractivity contribution in [2.45, 2.75) is 187 Å². The van der Waals surface area contributed by atoms with Crippen LogP contribution in [0.1, 0.15) is 138 Å². The molecule has 16 atom stereocenters. The molecule has 0 spiro atoms. The molecule has 1 saturated heterocycles. The zero-order valence-corrected chi connectivity index (χ0v) is 41.4. The second-order valence-corrected chi connectivity index (χ2v) is 20.4. The number of Topliss-reactive ketones (excluding diaryl/α,β-unsaturated/α-hetero) is 4. The molecule has 2 heterocycles. The van der Waals surface area contributed by atoms with Crippen molar-refractivity contribution in [3.8, 4) is 0 Å². The molecule has 2 saturated carbocycles. The van der Waals surface area contributed by atoms with Crippen LogP contribution in [-0.4, -0.2) is 114 Å². The number of ether oxygens (including phenoxy) is 5. The van der Waals surface area contributed by atoms with Gasteiger partial charge in [-0.15, -0.1) is 0 Å². The molecule has 0 amide bonds. The van der Waals surface area contributed by atoms with Crippen molar-refractivity contribution in [3.05, 3.63) is 47.6 Å². The van der Waals surface area contributed by atoms with Gasteiger partial charge in [-0.05, 0) is 107 Å². The molecule has 0 radical (unpaired) electrons. The van der Waals surface area contributed by atoms with E-state index in [-0.39, 0.29) is 48.3 Å². The first kappa shape index (κ1) is 55.4. The molecule has 372 valence electrons. The summed E-state index contributed by atoms with van der Waals surface area (Å²) in [4.78, 5) is 70.4. The zero-order chi connectivity index (χ0) is 48.9. The number of esters is 1. The van der Waals surface area contributed by atoms with Gasteiger partial charge in [-0.3, -0.25) is 24.0 Å². The minimum Gasteiger partial charge on any atom is -0.461 e. The van der Waals surface area contributed by atoms with E-state index in [1.165, 1.54) is 7.11 Å². The summed E-state index contributed by atoms with van der Waals surface area (Å²) in [6.45, 7) is 12.8. The highest BCUT2D eigenvalue weighted by Gasteiger charge is 2.52. The Morgan fingerprint density at radius 1 is 0.788 bits per heavy atom. The highest BCUT2D eigenvalue weighted by molar-refractivity contribution is 6.40. The van der Waals surface area contributed by atoms with Gasteiger partial charge in [-0.1, -0.05) is 83.9 Å². The van der Waals surface area contributed by atoms with Crippen molar-refractivity contribution in [2.75, 3.05) is 21.3 Å². The van der Waals surface area contributed by atoms with Crippen molar-refractivity contribution < 1.29 is 63.0 Å². The Hall–Kier alpha value is -3.17. The highest BCUT2D eigenvalue weighted by atomic mass is 16.6. The molecule has 3 N–H and O–H groups in total. The quantitative estimate of drug-likeness (QED) is 0.134. The lowest BCUT2D eigenvalue weighted by Gasteiger charge is -2.41. The van der Waals surface area contributed by atoms with Crippen LogP contribution in [0.4, 0.5) is 0 Å². The monoisotopic (exact) mass is 927 g/mol. The number of hydrogen-bond donors (Lipinski definition) is 3. The van der Waals surface area contributed by atoms with E-state index in [4.69, 9.17) is 23.7 Å². The maximum Gasteiger partial charge on any atom is 0.309 e. The molecule has 66 heavy (non-hydrogen) atoms. The second-order valence-electron chi connectivity index (χ2n) is 20.4. The molecule has 4 bridgehead atoms. The summed E-state index contributed by atoms with van der Waals surface area (Å²) in [5, 5.41) is 33.8. The van der Waals surface area contributed by atoms with Crippen LogP contribution in [0.2, 0.25) is 0 Å². The van der Waals surface area contributed by atoms with E-state index in [1.807, 2.05) is 58.1 Å². The molecule has 13 nitrogen and oxygen atoms in total. The van der Waals surface area contributed by atoms with Crippen LogP contribution in [0.15, 0.2) is 47.6 Å². The molecular formula is C53H82O13. The first-order valence-corrected chi connectivity index (χ1v) is 24.6. The van der Waals surface area contributed by atoms with Crippen molar-refractivity contribution >= 4 is 29.1 Å². The molecule has 3 fully saturated rings. The van der Waals surface area contributed by atoms with Gasteiger partial charge in [0.05, 0.1) is 30.3 Å². The number of fused-ring (bicyclic) bond motifs is 4. The summed E-state index contributed by atoms with van der Waals surface area (Å²) < 4.78 is 29.5. The summed E-state index contributed by atoms with van der Waals surface area (Å²) in [6, 6.07) is 0. The molecule has 0 aromatic heterocycles. The van der Waals surface area contributed by atoms with Crippen LogP contribution in [0.5, 0.6) is 0 Å². The van der Waals surface area contributed by atoms with E-state index in [2.05, 4.69) is 0 Å². The molecule has 0 aromatic rings. The third kappa shape index (κ3) is 14.9. The summed E-state index contributed by atoms with van der Waals surface area (Å²) in [6.07, 6.45) is 12.6. The SMILES string of the molecule is COC1CC(C[C@@H](C)[C@@H]2CC(=O)[C@H](C)/C=C(\C)C(O)[C@@H](OC)C(=O)C(C)C[C@H](C)/C=C/C=C/C=C(\C)[C@@H](OC)C[C@@H]3CCC(C)C(O)(O3)C(=O)C(=O)C3CCCCC(C3)C(=O)O2)CC[C@H]1O. The smallest absolute Gasteiger partial charge is 0.309 e. The number of cyclic esters (lactones) is 1. The largest absolute Gasteiger partial charge is 0.461 e. The van der Waals surface area contributed by atoms with Gasteiger partial charge in [0.25, 0.3) is 5.78 Å². The maximum atomic E-state index is 14.3. The lowest BCUT2D eigenvalue weighted by molar-refractivity contribution is -0.265. The number of carbonyl (C=O) groups excluding carboxylic acids is 5. The van der Waals surface area contributed by atoms with Gasteiger partial charge in [0.1, 0.15) is 24.1 Å². The normalized spacial score (nSPS) is 41.3. The van der Waals surface area contributed by atoms with Crippen LogP contribution < -0.4 is 0 Å². The highest BCUT2D eigenvalue weighted by Crippen LogP contribution is 2.39. The molecule has 2 aliphatic heterocycles. The van der Waals surface area contributed by atoms with Crippen LogP contribution in [0.3, 0.4) is 0 Å². The van der Waals surface area contributed by atoms with Gasteiger partial charge < -0.3 is 39.0 Å². The molecule has 0 aromatic carbocycles. The third-order valence-electron chi connectivity index (χ3n) is 15.1. The van der Waals surface area contributed by atoms with Crippen molar-refractivity contribution in [2.24, 2.45) is 47.3 Å². The number of aliphatic hydroxyl groups is 3. The summed E-state index contributed by atoms with van der Waals surface area (Å²) >= 11 is 0. The number of aliphatic hydroxyl groups excluding tert-OH is 2. The molecule has 13 heteroatoms. The fourth-order valence-corrected chi connectivity index (χ4v) is 10.6. The van der Waals surface area contributed by atoms with E-state index >= 15 is 0 Å². The fraction of sp³-hybridized carbons (Fsp3) is 0.755. The van der Waals surface area contributed by atoms with E-state index < -0.39 is 89.5 Å². The summed E-state index contributed by atoms with van der Waals surface area (Å²) in [7, 11) is 4.56. The van der Waals surface area contributed by atoms with Gasteiger partial charge in [0.2, 0.25) is 11.6 Å². The Kier molecular flexibility index (Phi) is 21.8. The third-order valence-corrected chi connectivity index (χ3v) is 15.1. The summed E-state index contributed by atoms with van der Waals surface area (Å²) in [5.74, 6) is -8.53. The first-order valence-electron chi connectivity index (χ1n) is 24.6. The molecule has 4 aliphatic rings. The van der Waals surface area contributed by atoms with Gasteiger partial charge in [0, 0.05) is 57.8 Å². The maximum absolute atomic E-state index is 14.3. The Labute approximate surface area is 394 Å². The van der Waals surface area contributed by atoms with Crippen molar-refractivity contribution in [1.29, 1.82) is 0 Å². The van der Waals surface area contributed by atoms with Gasteiger partial charge >= 0.3 is 5.97 Å². The lowest BCUT2D eigenvalue weighted by atomic mass is 9.78. The number of ketones is 4. The Morgan fingerprint density at radius 3 is 2.15 bits per heavy atom. The van der Waals surface area contributed by atoms with Gasteiger partial charge in [-0.2, -0.15) is 0 Å². The zero-order valence-electron chi connectivity index (χ0n) is 41.4. The van der Waals surface area contributed by atoms with Crippen LogP contribution in [0.25, 0.3) is 0 Å². The molecular weight excluding hydrogens is 845 g/mol. The van der Waals surface area contributed by atoms with Gasteiger partial charge in [-0.25, -0.2) is 0 Å². The number of allylic oxidation sites excluding steroid dienone is 6. The molecule has 8 unspecified atom stereocenters. The fourth-order valence-electron chi connectivity index (χ4n) is 10.6. The van der Waals surface area contributed by atoms with E-state index in [0.717, 1.165) is 12.0 Å². The van der Waals surface area contributed by atoms with E-state index in [1.54, 1.807) is 41.1 Å². The Bertz CT molecular complexity index is 1770. The number of hydrogen-bond acceptors (Lipinski definition) is 13. The predicted molar refractivity (Wildman–Crippen MR) is 251 cm³/mol. The summed E-state index contributed by atoms with van der Waals surface area (Å²) in [5.41, 5.74) is 1.31. The lowest BCUT2D eigenvalue weighted by Crippen LogP contribution is -2.56. The average molecular weight is 927 g/mol. The first-order chi connectivity index (χ1) is 31.2. The van der Waals surface area contributed by atoms with E-state index in [9.17, 15) is 39.3 Å². The van der Waals surface area contributed by atoms with Crippen LogP contribution >= 0.6 is 0 Å². The minimum atomic E-state index is -2.33. The number of carbonyl (C=O) groups is 5. The average Bonchev–Trinajstić information content (AvgIpc) is 3.55. The Balaban J connectivity index is 1.68. The molecule has 2 aliphatic carbocycles. The molecule has 4 rings (SSSR count). The topological polar surface area (TPSA) is 192 Å². The minimum absolute atomic E-state index is 0.0216. The van der Waals surface area contributed by atoms with Crippen molar-refractivity contribution in [3.63, 3.8) is 0 Å². The number of methoxy groups -OCH3 is 3. The van der Waals surface area contributed by atoms with E-state index in [0.29, 0.717) is 76.2 Å². The van der Waals surface area contributed by atoms with Crippen molar-refractivity contribution in [1.82, 2.24) is 0 Å². The van der Waals surface area contributed by atoms with Crippen LogP contribution in [-0.2, 0) is 47.7 Å². The predicted octanol–water partition coefficient (Wildman–Crippen LogP) is 7.57. The Morgan fingerprint density at radius 2 is 1.48 bits per heavy atom. The number of rotatable bonds is 6. The standard InChI is InChI=1S/C53H82O13/c1-31-16-12-11-13-17-32(2)44(62-8)29-41-22-20-37(7)53(61,66-41)51(59)49(58)39-18-14-15-19-40(28-39)52(60)65-45(34(4)26-38-21-23-42(54)46(27-38)63-9)30-43(55)33(3)25-36(6)48(57)50(64-10)47(56)35(5)24-31/h11-13,16-17,25,31,33-35,37-42,44-46,48,50,54,57,61H,14-15,18-24,26-30H2,1-10H3/b13-11+,16-12+,32-17+,36-25+/t31-,33-,34-,35?,37?,38?,39?,40?,41+,42-,44+,45+,46?,48?,50+,53?/m1/s1. The van der Waals surface area contributed by atoms with Crippen LogP contribution in [0, 0.1) is 47.3 Å². The van der Waals surface area contributed by atoms with Gasteiger partial charge in [0.15, 0.2) is 5.78 Å².